The SMILES string of the molecule is [B]c1ccc([B])c(C(=O)CCC(=O)O)c1. The minimum absolute atomic E-state index is 0.0665. The van der Waals surface area contributed by atoms with Crippen LogP contribution in [-0.4, -0.2) is 32.6 Å². The molecule has 5 heteroatoms. The van der Waals surface area contributed by atoms with E-state index in [0.29, 0.717) is 10.9 Å². The largest absolute Gasteiger partial charge is 0.481 e. The Kier molecular flexibility index (Phi) is 3.72. The van der Waals surface area contributed by atoms with Crippen LogP contribution in [0, 0.1) is 0 Å². The van der Waals surface area contributed by atoms with Gasteiger partial charge < -0.3 is 5.11 Å². The molecular weight excluding hydrogens is 190 g/mol. The summed E-state index contributed by atoms with van der Waals surface area (Å²) in [6.45, 7) is 0. The summed E-state index contributed by atoms with van der Waals surface area (Å²) in [6.07, 6.45) is -0.268. The van der Waals surface area contributed by atoms with Gasteiger partial charge in [-0.3, -0.25) is 9.59 Å². The van der Waals surface area contributed by atoms with Gasteiger partial charge in [0, 0.05) is 12.0 Å². The lowest BCUT2D eigenvalue weighted by molar-refractivity contribution is -0.136. The van der Waals surface area contributed by atoms with Crippen molar-refractivity contribution < 1.29 is 14.7 Å². The lowest BCUT2D eigenvalue weighted by Crippen LogP contribution is -2.20. The third-order valence-corrected chi connectivity index (χ3v) is 1.94. The zero-order chi connectivity index (χ0) is 11.4. The highest BCUT2D eigenvalue weighted by molar-refractivity contribution is 6.39. The summed E-state index contributed by atoms with van der Waals surface area (Å²) in [5.41, 5.74) is 1.04. The van der Waals surface area contributed by atoms with Gasteiger partial charge in [0.1, 0.15) is 15.7 Å². The lowest BCUT2D eigenvalue weighted by Gasteiger charge is -2.05. The Balaban J connectivity index is 2.81. The monoisotopic (exact) mass is 198 g/mol. The first kappa shape index (κ1) is 11.6. The minimum atomic E-state index is -1.01. The van der Waals surface area contributed by atoms with E-state index in [1.807, 2.05) is 0 Å². The van der Waals surface area contributed by atoms with E-state index >= 15 is 0 Å². The number of carboxylic acid groups (broad SMARTS) is 1. The second-order valence-electron chi connectivity index (χ2n) is 3.16. The molecule has 1 rings (SSSR count). The highest BCUT2D eigenvalue weighted by Gasteiger charge is 2.10. The molecule has 0 unspecified atom stereocenters. The topological polar surface area (TPSA) is 54.4 Å². The van der Waals surface area contributed by atoms with E-state index in [0.717, 1.165) is 0 Å². The zero-order valence-electron chi connectivity index (χ0n) is 8.06. The summed E-state index contributed by atoms with van der Waals surface area (Å²) in [7, 11) is 11.1. The molecule has 4 radical (unpaired) electrons. The van der Waals surface area contributed by atoms with Crippen LogP contribution in [0.15, 0.2) is 18.2 Å². The summed E-state index contributed by atoms with van der Waals surface area (Å²) in [5, 5.41) is 8.42. The Hall–Kier alpha value is -1.51. The Labute approximate surface area is 90.3 Å². The van der Waals surface area contributed by atoms with Crippen molar-refractivity contribution in [3.05, 3.63) is 23.8 Å². The Morgan fingerprint density at radius 3 is 2.47 bits per heavy atom. The molecule has 3 nitrogen and oxygen atoms in total. The predicted molar refractivity (Wildman–Crippen MR) is 58.4 cm³/mol. The maximum Gasteiger partial charge on any atom is 0.303 e. The summed E-state index contributed by atoms with van der Waals surface area (Å²) in [5.74, 6) is -1.31. The minimum Gasteiger partial charge on any atom is -0.481 e. The van der Waals surface area contributed by atoms with Crippen LogP contribution in [0.25, 0.3) is 0 Å². The summed E-state index contributed by atoms with van der Waals surface area (Å²) in [4.78, 5) is 21.8. The van der Waals surface area contributed by atoms with Crippen molar-refractivity contribution in [1.29, 1.82) is 0 Å². The van der Waals surface area contributed by atoms with Crippen LogP contribution in [0.5, 0.6) is 0 Å². The fourth-order valence-electron chi connectivity index (χ4n) is 1.17. The average Bonchev–Trinajstić information content (AvgIpc) is 2.18. The van der Waals surface area contributed by atoms with Crippen molar-refractivity contribution >= 4 is 38.4 Å². The third kappa shape index (κ3) is 3.27. The number of hydrogen-bond donors (Lipinski definition) is 1. The van der Waals surface area contributed by atoms with Crippen molar-refractivity contribution in [3.63, 3.8) is 0 Å². The first-order valence-electron chi connectivity index (χ1n) is 4.40. The van der Waals surface area contributed by atoms with E-state index in [2.05, 4.69) is 0 Å². The molecule has 0 amide bonds. The molecule has 0 fully saturated rings. The first-order chi connectivity index (χ1) is 7.00. The molecule has 0 heterocycles. The molecule has 0 bridgehead atoms. The van der Waals surface area contributed by atoms with Crippen LogP contribution in [0.3, 0.4) is 0 Å². The van der Waals surface area contributed by atoms with Crippen LogP contribution in [0.1, 0.15) is 23.2 Å². The number of Topliss-reactive ketones (excluding diaryl/α,β-unsaturated/α-hetero) is 1. The number of ketones is 1. The summed E-state index contributed by atoms with van der Waals surface area (Å²) in [6, 6.07) is 4.58. The van der Waals surface area contributed by atoms with Gasteiger partial charge in [-0.1, -0.05) is 29.1 Å². The molecule has 72 valence electrons. The van der Waals surface area contributed by atoms with Crippen LogP contribution in [-0.2, 0) is 4.79 Å². The molecule has 0 aliphatic carbocycles. The third-order valence-electron chi connectivity index (χ3n) is 1.94. The smallest absolute Gasteiger partial charge is 0.303 e. The van der Waals surface area contributed by atoms with E-state index in [4.69, 9.17) is 20.8 Å². The molecule has 0 aliphatic heterocycles. The van der Waals surface area contributed by atoms with E-state index in [1.54, 1.807) is 6.07 Å². The Bertz CT molecular complexity index is 402. The summed E-state index contributed by atoms with van der Waals surface area (Å²) < 4.78 is 0. The van der Waals surface area contributed by atoms with Crippen LogP contribution < -0.4 is 10.9 Å². The van der Waals surface area contributed by atoms with Gasteiger partial charge in [0.25, 0.3) is 0 Å². The molecule has 0 atom stereocenters. The maximum atomic E-state index is 11.5. The molecule has 0 saturated carbocycles. The van der Waals surface area contributed by atoms with E-state index < -0.39 is 5.97 Å². The summed E-state index contributed by atoms with van der Waals surface area (Å²) >= 11 is 0. The standard InChI is InChI=1S/C10H8B2O3/c11-6-1-2-8(12)7(5-6)9(13)3-4-10(14)15/h1-2,5H,3-4H2,(H,14,15). The van der Waals surface area contributed by atoms with E-state index in [1.165, 1.54) is 12.1 Å². The van der Waals surface area contributed by atoms with Gasteiger partial charge in [-0.2, -0.15) is 0 Å². The number of hydrogen-bond acceptors (Lipinski definition) is 2. The second kappa shape index (κ2) is 4.82. The molecule has 0 spiro atoms. The fourth-order valence-corrected chi connectivity index (χ4v) is 1.17. The maximum absolute atomic E-state index is 11.5. The quantitative estimate of drug-likeness (QED) is 0.514. The highest BCUT2D eigenvalue weighted by atomic mass is 16.4. The predicted octanol–water partition coefficient (Wildman–Crippen LogP) is -0.678. The second-order valence-corrected chi connectivity index (χ2v) is 3.16. The van der Waals surface area contributed by atoms with Gasteiger partial charge in [0.15, 0.2) is 5.78 Å². The van der Waals surface area contributed by atoms with E-state index in [-0.39, 0.29) is 24.2 Å². The number of carboxylic acids is 1. The Morgan fingerprint density at radius 2 is 1.87 bits per heavy atom. The normalized spacial score (nSPS) is 9.87. The van der Waals surface area contributed by atoms with Crippen LogP contribution in [0.2, 0.25) is 0 Å². The molecule has 1 aromatic carbocycles. The number of aliphatic carboxylic acids is 1. The molecule has 0 saturated heterocycles. The number of carbonyl (C=O) groups excluding carboxylic acids is 1. The van der Waals surface area contributed by atoms with Crippen LogP contribution >= 0.6 is 0 Å². The molecule has 15 heavy (non-hydrogen) atoms. The fraction of sp³-hybridized carbons (Fsp3) is 0.200. The molecule has 0 aliphatic rings. The molecular formula is C10H8B2O3. The highest BCUT2D eigenvalue weighted by Crippen LogP contribution is 2.01. The molecule has 1 N–H and O–H groups in total. The van der Waals surface area contributed by atoms with Crippen molar-refractivity contribution in [2.75, 3.05) is 0 Å². The number of benzene rings is 1. The van der Waals surface area contributed by atoms with Crippen molar-refractivity contribution in [1.82, 2.24) is 0 Å². The van der Waals surface area contributed by atoms with Gasteiger partial charge in [-0.25, -0.2) is 0 Å². The lowest BCUT2D eigenvalue weighted by atomic mass is 9.83. The van der Waals surface area contributed by atoms with Gasteiger partial charge in [0.2, 0.25) is 0 Å². The first-order valence-corrected chi connectivity index (χ1v) is 4.40. The molecule has 0 aromatic heterocycles. The number of carbonyl (C=O) groups is 2. The average molecular weight is 198 g/mol. The van der Waals surface area contributed by atoms with Crippen molar-refractivity contribution in [2.45, 2.75) is 12.8 Å². The van der Waals surface area contributed by atoms with Gasteiger partial charge in [0.05, 0.1) is 6.42 Å². The zero-order valence-corrected chi connectivity index (χ0v) is 8.06. The number of rotatable bonds is 4. The van der Waals surface area contributed by atoms with Crippen molar-refractivity contribution in [3.8, 4) is 0 Å². The van der Waals surface area contributed by atoms with Crippen molar-refractivity contribution in [2.24, 2.45) is 0 Å². The van der Waals surface area contributed by atoms with E-state index in [9.17, 15) is 9.59 Å². The van der Waals surface area contributed by atoms with Gasteiger partial charge in [-0.15, -0.1) is 0 Å². The molecule has 1 aromatic rings. The van der Waals surface area contributed by atoms with Crippen LogP contribution in [0.4, 0.5) is 0 Å². The Morgan fingerprint density at radius 1 is 1.20 bits per heavy atom. The van der Waals surface area contributed by atoms with Gasteiger partial charge in [-0.05, 0) is 0 Å². The van der Waals surface area contributed by atoms with Gasteiger partial charge >= 0.3 is 5.97 Å².